The minimum Gasteiger partial charge on any atom is -0.453 e. The fourth-order valence-electron chi connectivity index (χ4n) is 4.95. The molecule has 2 aliphatic heterocycles. The summed E-state index contributed by atoms with van der Waals surface area (Å²) in [7, 11) is 2.73. The average Bonchev–Trinajstić information content (AvgIpc) is 2.94. The van der Waals surface area contributed by atoms with Gasteiger partial charge in [0.2, 0.25) is 5.91 Å². The first-order chi connectivity index (χ1) is 19.1. The number of nitrogens with zero attached hydrogens (tertiary/aromatic N) is 1. The Labute approximate surface area is 235 Å². The van der Waals surface area contributed by atoms with Crippen LogP contribution in [0, 0.1) is 5.82 Å². The molecular formula is C27H30ClFN4O7. The number of ether oxygens (including phenoxy) is 3. The van der Waals surface area contributed by atoms with E-state index in [1.165, 1.54) is 55.5 Å². The minimum atomic E-state index is -1.44. The van der Waals surface area contributed by atoms with Gasteiger partial charge in [-0.2, -0.15) is 0 Å². The van der Waals surface area contributed by atoms with Gasteiger partial charge in [0.05, 0.1) is 36.0 Å². The predicted molar refractivity (Wildman–Crippen MR) is 144 cm³/mol. The summed E-state index contributed by atoms with van der Waals surface area (Å²) in [5, 5.41) is 7.63. The van der Waals surface area contributed by atoms with Crippen LogP contribution in [-0.4, -0.2) is 68.4 Å². The number of likely N-dealkylation sites (tertiary alicyclic amines) is 1. The zero-order valence-electron chi connectivity index (χ0n) is 22.2. The van der Waals surface area contributed by atoms with E-state index >= 15 is 4.39 Å². The highest BCUT2D eigenvalue weighted by Gasteiger charge is 2.49. The van der Waals surface area contributed by atoms with E-state index in [0.29, 0.717) is 18.7 Å². The number of fused-ring (bicyclic) bond motifs is 2. The highest BCUT2D eigenvalue weighted by molar-refractivity contribution is 6.31. The summed E-state index contributed by atoms with van der Waals surface area (Å²) in [6, 6.07) is 7.89. The van der Waals surface area contributed by atoms with Crippen LogP contribution in [0.5, 0.6) is 0 Å². The van der Waals surface area contributed by atoms with Crippen LogP contribution >= 0.6 is 11.6 Å². The molecule has 3 N–H and O–H groups in total. The van der Waals surface area contributed by atoms with Gasteiger partial charge in [-0.15, -0.1) is 0 Å². The van der Waals surface area contributed by atoms with Crippen LogP contribution in [0.3, 0.4) is 0 Å². The fraction of sp³-hybridized carbons (Fsp3) is 0.407. The molecule has 0 bridgehead atoms. The molecule has 3 atom stereocenters. The Kier molecular flexibility index (Phi) is 8.79. The average molecular weight is 577 g/mol. The first-order valence-electron chi connectivity index (χ1n) is 12.6. The summed E-state index contributed by atoms with van der Waals surface area (Å²) in [4.78, 5) is 52.2. The third-order valence-electron chi connectivity index (χ3n) is 6.99. The van der Waals surface area contributed by atoms with E-state index in [1.54, 1.807) is 6.92 Å². The van der Waals surface area contributed by atoms with Crippen molar-refractivity contribution in [3.8, 4) is 0 Å². The van der Waals surface area contributed by atoms with E-state index in [2.05, 4.69) is 20.7 Å². The molecule has 40 heavy (non-hydrogen) atoms. The Morgan fingerprint density at radius 1 is 1.20 bits per heavy atom. The molecule has 4 rings (SSSR count). The summed E-state index contributed by atoms with van der Waals surface area (Å²) >= 11 is 6.05. The molecule has 4 amide bonds. The maximum atomic E-state index is 15.3. The molecule has 2 aliphatic rings. The lowest BCUT2D eigenvalue weighted by atomic mass is 9.82. The van der Waals surface area contributed by atoms with E-state index in [4.69, 9.17) is 21.1 Å². The molecule has 2 heterocycles. The van der Waals surface area contributed by atoms with Crippen LogP contribution < -0.4 is 16.0 Å². The molecule has 214 valence electrons. The normalized spacial score (nSPS) is 19.5. The topological polar surface area (TPSA) is 135 Å². The second-order valence-corrected chi connectivity index (χ2v) is 10.1. The Morgan fingerprint density at radius 3 is 2.60 bits per heavy atom. The van der Waals surface area contributed by atoms with Gasteiger partial charge in [0.15, 0.2) is 11.4 Å². The summed E-state index contributed by atoms with van der Waals surface area (Å²) in [5.41, 5.74) is -0.443. The number of amides is 4. The predicted octanol–water partition coefficient (Wildman–Crippen LogP) is 4.26. The SMILES string of the molecule is COC(=O)Nc1ccc(C(=O)NC(CC(C)OC)C(=O)N2CCCC3(C2)OC(=O)Nc2ccc(Cl)c(F)c23)cc1. The van der Waals surface area contributed by atoms with Crippen LogP contribution in [0.25, 0.3) is 0 Å². The van der Waals surface area contributed by atoms with Gasteiger partial charge in [-0.1, -0.05) is 11.6 Å². The number of piperidine rings is 1. The number of benzene rings is 2. The highest BCUT2D eigenvalue weighted by Crippen LogP contribution is 2.45. The number of hydrogen-bond donors (Lipinski definition) is 3. The van der Waals surface area contributed by atoms with Crippen LogP contribution in [0.4, 0.5) is 25.4 Å². The van der Waals surface area contributed by atoms with Crippen molar-refractivity contribution >= 4 is 47.0 Å². The summed E-state index contributed by atoms with van der Waals surface area (Å²) in [6.07, 6.45) is -0.935. The van der Waals surface area contributed by atoms with Gasteiger partial charge >= 0.3 is 12.2 Å². The standard InChI is InChI=1S/C27H30ClFN4O7/c1-15(38-2)13-20(31-23(34)16-5-7-17(8-6-16)30-25(36)39-3)24(35)33-12-4-11-27(14-33)21-19(32-26(37)40-27)10-9-18(28)22(21)29/h5-10,15,20H,4,11-14H2,1-3H3,(H,30,36)(H,31,34)(H,32,37). The second kappa shape index (κ2) is 12.1. The third kappa shape index (κ3) is 6.13. The van der Waals surface area contributed by atoms with Crippen molar-refractivity contribution < 1.29 is 37.8 Å². The Balaban J connectivity index is 1.56. The van der Waals surface area contributed by atoms with Gasteiger partial charge in [0.1, 0.15) is 6.04 Å². The Hall–Kier alpha value is -3.90. The van der Waals surface area contributed by atoms with E-state index in [-0.39, 0.29) is 47.3 Å². The first-order valence-corrected chi connectivity index (χ1v) is 13.0. The van der Waals surface area contributed by atoms with Gasteiger partial charge in [-0.05, 0) is 56.2 Å². The Bertz CT molecular complexity index is 1310. The molecule has 1 fully saturated rings. The van der Waals surface area contributed by atoms with Crippen LogP contribution in [0.1, 0.15) is 42.1 Å². The van der Waals surface area contributed by atoms with Crippen molar-refractivity contribution in [3.63, 3.8) is 0 Å². The largest absolute Gasteiger partial charge is 0.453 e. The van der Waals surface area contributed by atoms with E-state index in [1.807, 2.05) is 0 Å². The van der Waals surface area contributed by atoms with E-state index in [0.717, 1.165) is 0 Å². The van der Waals surface area contributed by atoms with Gasteiger partial charge in [0.25, 0.3) is 5.91 Å². The smallest absolute Gasteiger partial charge is 0.412 e. The molecule has 13 heteroatoms. The van der Waals surface area contributed by atoms with Crippen LogP contribution in [0.2, 0.25) is 5.02 Å². The molecule has 2 aromatic rings. The molecule has 1 spiro atoms. The number of methoxy groups -OCH3 is 2. The number of carbonyl (C=O) groups excluding carboxylic acids is 4. The molecule has 11 nitrogen and oxygen atoms in total. The zero-order chi connectivity index (χ0) is 29.0. The van der Waals surface area contributed by atoms with Gasteiger partial charge < -0.3 is 24.4 Å². The quantitative estimate of drug-likeness (QED) is 0.448. The van der Waals surface area contributed by atoms with Crippen molar-refractivity contribution in [2.75, 3.05) is 37.9 Å². The fourth-order valence-corrected chi connectivity index (χ4v) is 5.10. The van der Waals surface area contributed by atoms with Crippen LogP contribution in [0.15, 0.2) is 36.4 Å². The summed E-state index contributed by atoms with van der Waals surface area (Å²) < 4.78 is 30.8. The van der Waals surface area contributed by atoms with Gasteiger partial charge in [-0.3, -0.25) is 20.2 Å². The monoisotopic (exact) mass is 576 g/mol. The van der Waals surface area contributed by atoms with Gasteiger partial charge in [-0.25, -0.2) is 14.0 Å². The number of anilines is 2. The van der Waals surface area contributed by atoms with E-state index in [9.17, 15) is 19.2 Å². The molecule has 2 aromatic carbocycles. The number of rotatable bonds is 7. The molecule has 3 unspecified atom stereocenters. The number of carbonyl (C=O) groups is 4. The molecule has 0 radical (unpaired) electrons. The first kappa shape index (κ1) is 29.1. The molecule has 0 aromatic heterocycles. The third-order valence-corrected chi connectivity index (χ3v) is 7.29. The maximum absolute atomic E-state index is 15.3. The van der Waals surface area contributed by atoms with Crippen molar-refractivity contribution in [2.45, 2.75) is 43.9 Å². The van der Waals surface area contributed by atoms with Gasteiger partial charge in [0, 0.05) is 31.3 Å². The number of hydrogen-bond acceptors (Lipinski definition) is 7. The summed E-state index contributed by atoms with van der Waals surface area (Å²) in [6.45, 7) is 1.95. The molecule has 0 saturated carbocycles. The Morgan fingerprint density at radius 2 is 1.93 bits per heavy atom. The maximum Gasteiger partial charge on any atom is 0.412 e. The van der Waals surface area contributed by atoms with Crippen molar-refractivity contribution in [2.24, 2.45) is 0 Å². The zero-order valence-corrected chi connectivity index (χ0v) is 23.0. The lowest BCUT2D eigenvalue weighted by Crippen LogP contribution is -2.57. The lowest BCUT2D eigenvalue weighted by molar-refractivity contribution is -0.142. The summed E-state index contributed by atoms with van der Waals surface area (Å²) in [5.74, 6) is -1.68. The minimum absolute atomic E-state index is 0.0867. The van der Waals surface area contributed by atoms with E-state index < -0.39 is 41.5 Å². The molecule has 1 saturated heterocycles. The van der Waals surface area contributed by atoms with Crippen LogP contribution in [-0.2, 0) is 24.6 Å². The van der Waals surface area contributed by atoms with Crippen molar-refractivity contribution in [1.82, 2.24) is 10.2 Å². The number of nitrogens with one attached hydrogen (secondary N) is 3. The van der Waals surface area contributed by atoms with Crippen molar-refractivity contribution in [1.29, 1.82) is 0 Å². The van der Waals surface area contributed by atoms with Crippen molar-refractivity contribution in [3.05, 3.63) is 58.4 Å². The number of halogens is 2. The molecular weight excluding hydrogens is 547 g/mol. The second-order valence-electron chi connectivity index (χ2n) is 9.66. The molecule has 0 aliphatic carbocycles. The lowest BCUT2D eigenvalue weighted by Gasteiger charge is -2.45. The highest BCUT2D eigenvalue weighted by atomic mass is 35.5.